The minimum atomic E-state index is -3.59. The molecule has 2 aliphatic rings. The summed E-state index contributed by atoms with van der Waals surface area (Å²) < 4.78 is 26.2. The van der Waals surface area contributed by atoms with Gasteiger partial charge in [-0.15, -0.1) is 4.31 Å². The van der Waals surface area contributed by atoms with Crippen LogP contribution in [0.5, 0.6) is 0 Å². The van der Waals surface area contributed by atoms with Crippen LogP contribution in [0.15, 0.2) is 24.3 Å². The predicted octanol–water partition coefficient (Wildman–Crippen LogP) is 1.57. The van der Waals surface area contributed by atoms with Crippen LogP contribution in [0.25, 0.3) is 4.85 Å². The molecular formula is C15H17N3O3S. The van der Waals surface area contributed by atoms with Gasteiger partial charge in [0.05, 0.1) is 17.1 Å². The summed E-state index contributed by atoms with van der Waals surface area (Å²) in [6.07, 6.45) is -0.630. The Morgan fingerprint density at radius 1 is 1.41 bits per heavy atom. The summed E-state index contributed by atoms with van der Waals surface area (Å²) in [7, 11) is -3.59. The fraction of sp³-hybridized carbons (Fsp3) is 0.467. The first-order valence-electron chi connectivity index (χ1n) is 7.11. The van der Waals surface area contributed by atoms with Crippen LogP contribution in [-0.4, -0.2) is 36.6 Å². The van der Waals surface area contributed by atoms with E-state index in [1.807, 2.05) is 18.2 Å². The number of sulfonamides is 1. The average Bonchev–Trinajstić information content (AvgIpc) is 3.00. The first-order valence-corrected chi connectivity index (χ1v) is 8.61. The molecule has 0 radical (unpaired) electrons. The summed E-state index contributed by atoms with van der Waals surface area (Å²) in [5.74, 6) is -0.219. The lowest BCUT2D eigenvalue weighted by Crippen LogP contribution is -2.42. The smallest absolute Gasteiger partial charge is 0.293 e. The molecule has 2 aliphatic heterocycles. The zero-order valence-corrected chi connectivity index (χ0v) is 13.2. The number of fused-ring (bicyclic) bond motifs is 2. The lowest BCUT2D eigenvalue weighted by molar-refractivity contribution is -0.120. The summed E-state index contributed by atoms with van der Waals surface area (Å²) in [6, 6.07) is 7.28. The van der Waals surface area contributed by atoms with Crippen molar-refractivity contribution in [3.05, 3.63) is 41.2 Å². The topological polar surface area (TPSA) is 70.8 Å². The highest BCUT2D eigenvalue weighted by Crippen LogP contribution is 2.47. The Hall–Kier alpha value is -1.91. The highest BCUT2D eigenvalue weighted by Gasteiger charge is 2.60. The van der Waals surface area contributed by atoms with Crippen LogP contribution < -0.4 is 5.32 Å². The van der Waals surface area contributed by atoms with Crippen molar-refractivity contribution in [1.29, 1.82) is 0 Å². The SMILES string of the molecule is [C-]#[N+][C@@H]1C[C@@]2(CN1S(=O)(=O)C(C)C)C(=O)Nc1ccccc12. The number of carbonyl (C=O) groups excluding carboxylic acids is 1. The third-order valence-corrected chi connectivity index (χ3v) is 6.70. The number of benzene rings is 1. The second-order valence-corrected chi connectivity index (χ2v) is 8.48. The minimum absolute atomic E-state index is 0.0312. The molecule has 22 heavy (non-hydrogen) atoms. The Kier molecular flexibility index (Phi) is 3.27. The van der Waals surface area contributed by atoms with Gasteiger partial charge in [-0.2, -0.15) is 0 Å². The van der Waals surface area contributed by atoms with Gasteiger partial charge >= 0.3 is 0 Å². The van der Waals surface area contributed by atoms with Crippen LogP contribution in [0.1, 0.15) is 25.8 Å². The molecule has 2 atom stereocenters. The fourth-order valence-electron chi connectivity index (χ4n) is 3.22. The Morgan fingerprint density at radius 3 is 2.73 bits per heavy atom. The van der Waals surface area contributed by atoms with Crippen molar-refractivity contribution < 1.29 is 13.2 Å². The van der Waals surface area contributed by atoms with Gasteiger partial charge in [-0.05, 0) is 25.5 Å². The van der Waals surface area contributed by atoms with Gasteiger partial charge in [0, 0.05) is 12.2 Å². The van der Waals surface area contributed by atoms with Crippen molar-refractivity contribution in [3.8, 4) is 0 Å². The maximum atomic E-state index is 12.5. The summed E-state index contributed by atoms with van der Waals surface area (Å²) in [6.45, 7) is 10.5. The third kappa shape index (κ3) is 1.87. The van der Waals surface area contributed by atoms with Crippen LogP contribution in [0.4, 0.5) is 5.69 Å². The second-order valence-electron chi connectivity index (χ2n) is 6.03. The van der Waals surface area contributed by atoms with Gasteiger partial charge in [0.1, 0.15) is 0 Å². The number of carbonyl (C=O) groups is 1. The lowest BCUT2D eigenvalue weighted by atomic mass is 9.80. The van der Waals surface area contributed by atoms with E-state index in [1.54, 1.807) is 19.9 Å². The highest BCUT2D eigenvalue weighted by atomic mass is 32.2. The van der Waals surface area contributed by atoms with Crippen molar-refractivity contribution in [2.45, 2.75) is 37.1 Å². The summed E-state index contributed by atoms with van der Waals surface area (Å²) in [5.41, 5.74) is 0.545. The van der Waals surface area contributed by atoms with E-state index in [0.29, 0.717) is 5.69 Å². The average molecular weight is 319 g/mol. The highest BCUT2D eigenvalue weighted by molar-refractivity contribution is 7.89. The van der Waals surface area contributed by atoms with Crippen molar-refractivity contribution in [2.24, 2.45) is 0 Å². The van der Waals surface area contributed by atoms with E-state index in [0.717, 1.165) is 5.56 Å². The van der Waals surface area contributed by atoms with Crippen LogP contribution in [0.2, 0.25) is 0 Å². The van der Waals surface area contributed by atoms with E-state index in [9.17, 15) is 13.2 Å². The molecular weight excluding hydrogens is 302 g/mol. The lowest BCUT2D eigenvalue weighted by Gasteiger charge is -2.22. The number of amides is 1. The van der Waals surface area contributed by atoms with E-state index < -0.39 is 26.9 Å². The number of hydrogen-bond acceptors (Lipinski definition) is 3. The second kappa shape index (κ2) is 4.80. The van der Waals surface area contributed by atoms with E-state index in [4.69, 9.17) is 6.57 Å². The molecule has 1 fully saturated rings. The minimum Gasteiger partial charge on any atom is -0.325 e. The van der Waals surface area contributed by atoms with E-state index in [2.05, 4.69) is 10.2 Å². The molecule has 0 bridgehead atoms. The molecule has 0 saturated carbocycles. The van der Waals surface area contributed by atoms with Crippen molar-refractivity contribution in [2.75, 3.05) is 11.9 Å². The Balaban J connectivity index is 2.10. The van der Waals surface area contributed by atoms with Crippen molar-refractivity contribution in [1.82, 2.24) is 4.31 Å². The zero-order valence-electron chi connectivity index (χ0n) is 12.4. The zero-order chi connectivity index (χ0) is 16.1. The van der Waals surface area contributed by atoms with E-state index in [1.165, 1.54) is 4.31 Å². The maximum absolute atomic E-state index is 12.5. The predicted molar refractivity (Wildman–Crippen MR) is 82.5 cm³/mol. The number of nitrogens with one attached hydrogen (secondary N) is 1. The Labute approximate surface area is 130 Å². The van der Waals surface area contributed by atoms with Crippen molar-refractivity contribution in [3.63, 3.8) is 0 Å². The number of nitrogens with zero attached hydrogens (tertiary/aromatic N) is 2. The quantitative estimate of drug-likeness (QED) is 0.841. The van der Waals surface area contributed by atoms with E-state index in [-0.39, 0.29) is 18.9 Å². The summed E-state index contributed by atoms with van der Waals surface area (Å²) in [4.78, 5) is 16.0. The Morgan fingerprint density at radius 2 is 2.09 bits per heavy atom. The van der Waals surface area contributed by atoms with Crippen LogP contribution in [-0.2, 0) is 20.2 Å². The molecule has 1 spiro atoms. The van der Waals surface area contributed by atoms with Gasteiger partial charge < -0.3 is 5.32 Å². The molecule has 1 amide bonds. The number of rotatable bonds is 2. The largest absolute Gasteiger partial charge is 0.325 e. The Bertz CT molecular complexity index is 781. The standard InChI is InChI=1S/C15H17N3O3S/c1-10(2)22(20,21)18-9-15(8-13(18)16-3)11-6-4-5-7-12(11)17-14(15)19/h4-7,10,13H,8-9H2,1-2H3,(H,17,19)/t13-,15-/m0/s1. The van der Waals surface area contributed by atoms with Gasteiger partial charge in [0.15, 0.2) is 0 Å². The normalized spacial score (nSPS) is 27.9. The molecule has 6 nitrogen and oxygen atoms in total. The van der Waals surface area contributed by atoms with Gasteiger partial charge in [-0.1, -0.05) is 18.2 Å². The van der Waals surface area contributed by atoms with Gasteiger partial charge in [-0.3, -0.25) is 9.64 Å². The molecule has 3 rings (SSSR count). The molecule has 1 aromatic rings. The van der Waals surface area contributed by atoms with Gasteiger partial charge in [0.2, 0.25) is 15.9 Å². The molecule has 2 heterocycles. The molecule has 0 aromatic heterocycles. The number of para-hydroxylation sites is 1. The number of anilines is 1. The van der Waals surface area contributed by atoms with Crippen LogP contribution in [0.3, 0.4) is 0 Å². The molecule has 1 saturated heterocycles. The maximum Gasteiger partial charge on any atom is 0.293 e. The first-order chi connectivity index (χ1) is 10.3. The molecule has 1 N–H and O–H groups in total. The molecule has 7 heteroatoms. The molecule has 0 unspecified atom stereocenters. The third-order valence-electron chi connectivity index (χ3n) is 4.49. The van der Waals surface area contributed by atoms with Gasteiger partial charge in [0.25, 0.3) is 6.17 Å². The fourth-order valence-corrected chi connectivity index (χ4v) is 4.63. The van der Waals surface area contributed by atoms with Crippen molar-refractivity contribution >= 4 is 21.6 Å². The molecule has 0 aliphatic carbocycles. The van der Waals surface area contributed by atoms with Crippen LogP contribution in [0, 0.1) is 6.57 Å². The first kappa shape index (κ1) is 15.0. The monoisotopic (exact) mass is 319 g/mol. The molecule has 1 aromatic carbocycles. The van der Waals surface area contributed by atoms with E-state index >= 15 is 0 Å². The summed E-state index contributed by atoms with van der Waals surface area (Å²) >= 11 is 0. The van der Waals surface area contributed by atoms with Crippen LogP contribution >= 0.6 is 0 Å². The summed E-state index contributed by atoms with van der Waals surface area (Å²) in [5, 5.41) is 2.19. The van der Waals surface area contributed by atoms with Gasteiger partial charge in [-0.25, -0.2) is 15.0 Å². The molecule has 116 valence electrons. The number of hydrogen-bond donors (Lipinski definition) is 1.